The maximum atomic E-state index is 13.2. The van der Waals surface area contributed by atoms with Crippen LogP contribution < -0.4 is 0 Å². The van der Waals surface area contributed by atoms with Crippen LogP contribution in [0.2, 0.25) is 5.02 Å². The Balaban J connectivity index is 2.50. The molecule has 2 aromatic carbocycles. The molecule has 0 bridgehead atoms. The second-order valence-corrected chi connectivity index (χ2v) is 6.24. The average Bonchev–Trinajstić information content (AvgIpc) is 2.34. The predicted molar refractivity (Wildman–Crippen MR) is 82.3 cm³/mol. The van der Waals surface area contributed by atoms with Crippen molar-refractivity contribution in [3.8, 4) is 0 Å². The van der Waals surface area contributed by atoms with E-state index in [-0.39, 0.29) is 0 Å². The zero-order valence-electron chi connectivity index (χ0n) is 9.00. The number of hydrogen-bond donors (Lipinski definition) is 1. The van der Waals surface area contributed by atoms with Gasteiger partial charge in [-0.3, -0.25) is 0 Å². The van der Waals surface area contributed by atoms with E-state index in [9.17, 15) is 9.50 Å². The van der Waals surface area contributed by atoms with Crippen LogP contribution in [0.3, 0.4) is 0 Å². The van der Waals surface area contributed by atoms with Crippen molar-refractivity contribution < 1.29 is 9.50 Å². The highest BCUT2D eigenvalue weighted by atomic mass is 127. The molecule has 94 valence electrons. The van der Waals surface area contributed by atoms with Gasteiger partial charge in [0.2, 0.25) is 0 Å². The molecule has 0 aliphatic heterocycles. The molecule has 1 nitrogen and oxygen atoms in total. The van der Waals surface area contributed by atoms with Crippen molar-refractivity contribution in [3.05, 3.63) is 66.4 Å². The van der Waals surface area contributed by atoms with E-state index in [0.717, 1.165) is 8.04 Å². The van der Waals surface area contributed by atoms with Crippen LogP contribution in [0.25, 0.3) is 0 Å². The fourth-order valence-corrected chi connectivity index (χ4v) is 2.82. The molecule has 0 saturated heterocycles. The molecule has 0 fully saturated rings. The Hall–Kier alpha value is -0.170. The third-order valence-electron chi connectivity index (χ3n) is 2.51. The van der Waals surface area contributed by atoms with Crippen LogP contribution in [0.15, 0.2) is 40.9 Å². The average molecular weight is 441 g/mol. The Morgan fingerprint density at radius 2 is 1.89 bits per heavy atom. The van der Waals surface area contributed by atoms with Crippen LogP contribution in [-0.4, -0.2) is 5.11 Å². The van der Waals surface area contributed by atoms with Crippen LogP contribution >= 0.6 is 50.1 Å². The summed E-state index contributed by atoms with van der Waals surface area (Å²) >= 11 is 11.5. The van der Waals surface area contributed by atoms with Crippen LogP contribution in [-0.2, 0) is 0 Å². The summed E-state index contributed by atoms with van der Waals surface area (Å²) in [6, 6.07) is 9.54. The quantitative estimate of drug-likeness (QED) is 0.656. The van der Waals surface area contributed by atoms with Gasteiger partial charge in [0.15, 0.2) is 0 Å². The first-order valence-electron chi connectivity index (χ1n) is 5.07. The number of hydrogen-bond acceptors (Lipinski definition) is 1. The minimum Gasteiger partial charge on any atom is -0.384 e. The predicted octanol–water partition coefficient (Wildman–Crippen LogP) is 4.93. The molecule has 1 unspecified atom stereocenters. The van der Waals surface area contributed by atoms with E-state index in [1.54, 1.807) is 0 Å². The maximum absolute atomic E-state index is 13.2. The lowest BCUT2D eigenvalue weighted by Crippen LogP contribution is -2.02. The molecule has 0 spiro atoms. The summed E-state index contributed by atoms with van der Waals surface area (Å²) in [7, 11) is 0. The third kappa shape index (κ3) is 3.04. The molecule has 0 amide bonds. The first-order valence-corrected chi connectivity index (χ1v) is 7.32. The fourth-order valence-electron chi connectivity index (χ4n) is 1.62. The van der Waals surface area contributed by atoms with Crippen molar-refractivity contribution in [1.82, 2.24) is 0 Å². The number of aliphatic hydroxyl groups is 1. The second kappa shape index (κ2) is 5.86. The molecule has 2 aromatic rings. The number of rotatable bonds is 2. The lowest BCUT2D eigenvalue weighted by atomic mass is 10.0. The molecule has 0 aliphatic carbocycles. The molecule has 1 atom stereocenters. The molecule has 1 N–H and O–H groups in total. The highest BCUT2D eigenvalue weighted by Gasteiger charge is 2.17. The summed E-state index contributed by atoms with van der Waals surface area (Å²) in [6.45, 7) is 0. The van der Waals surface area contributed by atoms with Crippen molar-refractivity contribution in [2.24, 2.45) is 0 Å². The molecular weight excluding hydrogens is 433 g/mol. The minimum atomic E-state index is -0.961. The first-order chi connectivity index (χ1) is 8.49. The smallest absolute Gasteiger partial charge is 0.123 e. The summed E-state index contributed by atoms with van der Waals surface area (Å²) in [5.41, 5.74) is 1.02. The SMILES string of the molecule is OC(c1cc(F)ccc1Cl)c1cc(I)ccc1Br. The summed E-state index contributed by atoms with van der Waals surface area (Å²) in [6.07, 6.45) is -0.961. The van der Waals surface area contributed by atoms with Gasteiger partial charge >= 0.3 is 0 Å². The van der Waals surface area contributed by atoms with Crippen molar-refractivity contribution in [2.45, 2.75) is 6.10 Å². The molecule has 2 rings (SSSR count). The van der Waals surface area contributed by atoms with Gasteiger partial charge in [-0.05, 0) is 59.0 Å². The van der Waals surface area contributed by atoms with Gasteiger partial charge < -0.3 is 5.11 Å². The molecule has 5 heteroatoms. The van der Waals surface area contributed by atoms with Gasteiger partial charge in [0, 0.05) is 24.2 Å². The number of benzene rings is 2. The molecule has 0 heterocycles. The monoisotopic (exact) mass is 440 g/mol. The van der Waals surface area contributed by atoms with Gasteiger partial charge in [0.1, 0.15) is 11.9 Å². The van der Waals surface area contributed by atoms with Gasteiger partial charge in [-0.15, -0.1) is 0 Å². The summed E-state index contributed by atoms with van der Waals surface area (Å²) in [4.78, 5) is 0. The summed E-state index contributed by atoms with van der Waals surface area (Å²) in [5.74, 6) is -0.421. The van der Waals surface area contributed by atoms with Crippen molar-refractivity contribution in [3.63, 3.8) is 0 Å². The molecule has 0 aromatic heterocycles. The molecule has 0 radical (unpaired) electrons. The van der Waals surface area contributed by atoms with E-state index in [2.05, 4.69) is 38.5 Å². The van der Waals surface area contributed by atoms with E-state index >= 15 is 0 Å². The van der Waals surface area contributed by atoms with E-state index in [1.807, 2.05) is 18.2 Å². The Kier molecular flexibility index (Phi) is 4.64. The Labute approximate surface area is 131 Å². The van der Waals surface area contributed by atoms with Gasteiger partial charge in [-0.2, -0.15) is 0 Å². The fraction of sp³-hybridized carbons (Fsp3) is 0.0769. The van der Waals surface area contributed by atoms with Gasteiger partial charge in [-0.1, -0.05) is 27.5 Å². The lowest BCUT2D eigenvalue weighted by Gasteiger charge is -2.15. The number of aliphatic hydroxyl groups excluding tert-OH is 1. The van der Waals surface area contributed by atoms with Crippen molar-refractivity contribution in [2.75, 3.05) is 0 Å². The van der Waals surface area contributed by atoms with E-state index in [1.165, 1.54) is 18.2 Å². The zero-order chi connectivity index (χ0) is 13.3. The van der Waals surface area contributed by atoms with Gasteiger partial charge in [-0.25, -0.2) is 4.39 Å². The molecule has 0 aliphatic rings. The normalized spacial score (nSPS) is 12.5. The summed E-state index contributed by atoms with van der Waals surface area (Å²) in [5, 5.41) is 10.7. The maximum Gasteiger partial charge on any atom is 0.123 e. The largest absolute Gasteiger partial charge is 0.384 e. The minimum absolute atomic E-state index is 0.342. The zero-order valence-corrected chi connectivity index (χ0v) is 13.5. The van der Waals surface area contributed by atoms with Crippen molar-refractivity contribution >= 4 is 50.1 Å². The van der Waals surface area contributed by atoms with Crippen molar-refractivity contribution in [1.29, 1.82) is 0 Å². The highest BCUT2D eigenvalue weighted by Crippen LogP contribution is 2.33. The van der Waals surface area contributed by atoms with Crippen LogP contribution in [0.5, 0.6) is 0 Å². The molecule has 0 saturated carbocycles. The van der Waals surface area contributed by atoms with Crippen LogP contribution in [0.4, 0.5) is 4.39 Å². The lowest BCUT2D eigenvalue weighted by molar-refractivity contribution is 0.219. The summed E-state index contributed by atoms with van der Waals surface area (Å²) < 4.78 is 15.0. The number of halogens is 4. The highest BCUT2D eigenvalue weighted by molar-refractivity contribution is 14.1. The van der Waals surface area contributed by atoms with Gasteiger partial charge in [0.25, 0.3) is 0 Å². The first kappa shape index (κ1) is 14.2. The standard InChI is InChI=1S/C13H8BrClFIO/c14-11-3-2-8(17)6-9(11)13(18)10-5-7(16)1-4-12(10)15/h1-6,13,18H. The van der Waals surface area contributed by atoms with E-state index < -0.39 is 11.9 Å². The molecular formula is C13H8BrClFIO. The third-order valence-corrected chi connectivity index (χ3v) is 4.24. The van der Waals surface area contributed by atoms with E-state index in [0.29, 0.717) is 16.1 Å². The Morgan fingerprint density at radius 1 is 1.17 bits per heavy atom. The van der Waals surface area contributed by atoms with Gasteiger partial charge in [0.05, 0.1) is 0 Å². The van der Waals surface area contributed by atoms with Crippen LogP contribution in [0.1, 0.15) is 17.2 Å². The van der Waals surface area contributed by atoms with Crippen LogP contribution in [0, 0.1) is 9.39 Å². The second-order valence-electron chi connectivity index (χ2n) is 3.73. The topological polar surface area (TPSA) is 20.2 Å². The Bertz CT molecular complexity index is 540. The Morgan fingerprint density at radius 3 is 2.61 bits per heavy atom. The van der Waals surface area contributed by atoms with E-state index in [4.69, 9.17) is 11.6 Å². The molecule has 18 heavy (non-hydrogen) atoms.